The summed E-state index contributed by atoms with van der Waals surface area (Å²) in [6, 6.07) is 8.54. The van der Waals surface area contributed by atoms with Gasteiger partial charge in [0.1, 0.15) is 0 Å². The van der Waals surface area contributed by atoms with Gasteiger partial charge in [-0.2, -0.15) is 0 Å². The highest BCUT2D eigenvalue weighted by molar-refractivity contribution is 7.09. The molecule has 4 heteroatoms. The lowest BCUT2D eigenvalue weighted by molar-refractivity contribution is 0.498. The molecule has 1 aromatic carbocycles. The third kappa shape index (κ3) is 3.10. The number of aryl methyl sites for hydroxylation is 1. The molecule has 0 amide bonds. The quantitative estimate of drug-likeness (QED) is 0.891. The molecular formula is C14H17ClN2S. The van der Waals surface area contributed by atoms with E-state index < -0.39 is 0 Å². The van der Waals surface area contributed by atoms with Crippen molar-refractivity contribution in [3.8, 4) is 0 Å². The summed E-state index contributed by atoms with van der Waals surface area (Å²) in [6.07, 6.45) is 0. The van der Waals surface area contributed by atoms with Gasteiger partial charge in [0.05, 0.1) is 11.2 Å². The molecule has 0 fully saturated rings. The first-order valence-electron chi connectivity index (χ1n) is 5.99. The third-order valence-electron chi connectivity index (χ3n) is 3.02. The number of rotatable bonds is 4. The molecule has 2 nitrogen and oxygen atoms in total. The van der Waals surface area contributed by atoms with Crippen molar-refractivity contribution in [1.82, 2.24) is 10.3 Å². The first-order chi connectivity index (χ1) is 8.58. The Morgan fingerprint density at radius 3 is 2.67 bits per heavy atom. The topological polar surface area (TPSA) is 24.9 Å². The minimum Gasteiger partial charge on any atom is -0.303 e. The number of nitrogens with zero attached hydrogens (tertiary/aromatic N) is 1. The maximum Gasteiger partial charge on any atom is 0.0798 e. The third-order valence-corrected chi connectivity index (χ3v) is 4.37. The molecule has 0 radical (unpaired) electrons. The van der Waals surface area contributed by atoms with E-state index in [4.69, 9.17) is 11.6 Å². The second kappa shape index (κ2) is 5.83. The zero-order valence-corrected chi connectivity index (χ0v) is 12.3. The van der Waals surface area contributed by atoms with E-state index in [2.05, 4.69) is 30.2 Å². The Morgan fingerprint density at radius 2 is 2.06 bits per heavy atom. The van der Waals surface area contributed by atoms with Crippen molar-refractivity contribution in [3.05, 3.63) is 50.9 Å². The van der Waals surface area contributed by atoms with Crippen LogP contribution in [0.3, 0.4) is 0 Å². The van der Waals surface area contributed by atoms with Gasteiger partial charge in [0.2, 0.25) is 0 Å². The molecule has 96 valence electrons. The van der Waals surface area contributed by atoms with Crippen molar-refractivity contribution >= 4 is 22.9 Å². The molecule has 2 aromatic rings. The van der Waals surface area contributed by atoms with Gasteiger partial charge in [-0.15, -0.1) is 11.3 Å². The van der Waals surface area contributed by atoms with Crippen molar-refractivity contribution in [3.63, 3.8) is 0 Å². The highest BCUT2D eigenvalue weighted by Gasteiger charge is 2.14. The molecule has 18 heavy (non-hydrogen) atoms. The SMILES string of the molecule is Cc1ncsc1C(C)N[C@H](C)c1cccc(Cl)c1. The lowest BCUT2D eigenvalue weighted by Gasteiger charge is -2.20. The van der Waals surface area contributed by atoms with Crippen LogP contribution >= 0.6 is 22.9 Å². The molecular weight excluding hydrogens is 264 g/mol. The molecule has 0 aliphatic carbocycles. The van der Waals surface area contributed by atoms with E-state index in [1.54, 1.807) is 11.3 Å². The van der Waals surface area contributed by atoms with Crippen LogP contribution in [0, 0.1) is 6.92 Å². The van der Waals surface area contributed by atoms with Gasteiger partial charge in [0.15, 0.2) is 0 Å². The van der Waals surface area contributed by atoms with Gasteiger partial charge in [-0.3, -0.25) is 0 Å². The Labute approximate surface area is 117 Å². The summed E-state index contributed by atoms with van der Waals surface area (Å²) in [4.78, 5) is 5.58. The van der Waals surface area contributed by atoms with E-state index in [-0.39, 0.29) is 6.04 Å². The van der Waals surface area contributed by atoms with Crippen LogP contribution in [0.1, 0.15) is 42.1 Å². The number of hydrogen-bond acceptors (Lipinski definition) is 3. The summed E-state index contributed by atoms with van der Waals surface area (Å²) < 4.78 is 0. The Bertz CT molecular complexity index is 524. The lowest BCUT2D eigenvalue weighted by atomic mass is 10.1. The molecule has 1 unspecified atom stereocenters. The standard InChI is InChI=1S/C14H17ClN2S/c1-9(12-5-4-6-13(15)7-12)17-11(3)14-10(2)16-8-18-14/h4-9,11,17H,1-3H3/t9-,11?/m1/s1. The molecule has 0 aliphatic heterocycles. The van der Waals surface area contributed by atoms with Gasteiger partial charge < -0.3 is 5.32 Å². The number of hydrogen-bond donors (Lipinski definition) is 1. The molecule has 2 rings (SSSR count). The van der Waals surface area contributed by atoms with Gasteiger partial charge in [-0.1, -0.05) is 23.7 Å². The van der Waals surface area contributed by atoms with Gasteiger partial charge in [0, 0.05) is 22.0 Å². The van der Waals surface area contributed by atoms with Crippen LogP contribution in [-0.2, 0) is 0 Å². The van der Waals surface area contributed by atoms with Crippen LogP contribution in [0.2, 0.25) is 5.02 Å². The minimum absolute atomic E-state index is 0.264. The van der Waals surface area contributed by atoms with Crippen molar-refractivity contribution in [2.24, 2.45) is 0 Å². The number of thiazole rings is 1. The molecule has 0 saturated heterocycles. The maximum absolute atomic E-state index is 6.01. The fraction of sp³-hybridized carbons (Fsp3) is 0.357. The Hall–Kier alpha value is -0.900. The van der Waals surface area contributed by atoms with Crippen LogP contribution in [0.15, 0.2) is 29.8 Å². The van der Waals surface area contributed by atoms with Crippen LogP contribution < -0.4 is 5.32 Å². The van der Waals surface area contributed by atoms with Gasteiger partial charge in [0.25, 0.3) is 0 Å². The summed E-state index contributed by atoms with van der Waals surface area (Å²) in [5.74, 6) is 0. The monoisotopic (exact) mass is 280 g/mol. The Morgan fingerprint density at radius 1 is 1.28 bits per heavy atom. The predicted octanol–water partition coefficient (Wildman–Crippen LogP) is 4.52. The number of aromatic nitrogens is 1. The Kier molecular flexibility index (Phi) is 4.38. The summed E-state index contributed by atoms with van der Waals surface area (Å²) in [7, 11) is 0. The number of nitrogens with one attached hydrogen (secondary N) is 1. The summed E-state index contributed by atoms with van der Waals surface area (Å²) in [5.41, 5.74) is 4.21. The normalized spacial score (nSPS) is 14.4. The summed E-state index contributed by atoms with van der Waals surface area (Å²) in [6.45, 7) is 6.37. The van der Waals surface area contributed by atoms with E-state index in [0.717, 1.165) is 10.7 Å². The average Bonchev–Trinajstić information content (AvgIpc) is 2.75. The van der Waals surface area contributed by atoms with E-state index >= 15 is 0 Å². The van der Waals surface area contributed by atoms with Crippen molar-refractivity contribution in [2.45, 2.75) is 32.9 Å². The number of benzene rings is 1. The first-order valence-corrected chi connectivity index (χ1v) is 7.25. The van der Waals surface area contributed by atoms with E-state index in [1.165, 1.54) is 10.4 Å². The van der Waals surface area contributed by atoms with Crippen LogP contribution in [0.5, 0.6) is 0 Å². The summed E-state index contributed by atoms with van der Waals surface area (Å²) in [5, 5.41) is 4.36. The Balaban J connectivity index is 2.08. The highest BCUT2D eigenvalue weighted by atomic mass is 35.5. The predicted molar refractivity (Wildman–Crippen MR) is 78.3 cm³/mol. The average molecular weight is 281 g/mol. The van der Waals surface area contributed by atoms with Crippen molar-refractivity contribution in [1.29, 1.82) is 0 Å². The molecule has 0 aliphatic rings. The molecule has 2 atom stereocenters. The molecule has 0 spiro atoms. The second-order valence-electron chi connectivity index (χ2n) is 4.47. The largest absolute Gasteiger partial charge is 0.303 e. The smallest absolute Gasteiger partial charge is 0.0798 e. The van der Waals surface area contributed by atoms with E-state index in [9.17, 15) is 0 Å². The minimum atomic E-state index is 0.264. The van der Waals surface area contributed by atoms with E-state index in [1.807, 2.05) is 30.6 Å². The molecule has 1 aromatic heterocycles. The maximum atomic E-state index is 6.01. The lowest BCUT2D eigenvalue weighted by Crippen LogP contribution is -2.22. The van der Waals surface area contributed by atoms with E-state index in [0.29, 0.717) is 6.04 Å². The summed E-state index contributed by atoms with van der Waals surface area (Å²) >= 11 is 7.71. The molecule has 1 heterocycles. The first kappa shape index (κ1) is 13.5. The van der Waals surface area contributed by atoms with Crippen molar-refractivity contribution in [2.75, 3.05) is 0 Å². The fourth-order valence-electron chi connectivity index (χ4n) is 2.05. The van der Waals surface area contributed by atoms with Gasteiger partial charge in [-0.25, -0.2) is 4.98 Å². The number of halogens is 1. The van der Waals surface area contributed by atoms with Gasteiger partial charge >= 0.3 is 0 Å². The molecule has 0 bridgehead atoms. The van der Waals surface area contributed by atoms with Crippen LogP contribution in [0.25, 0.3) is 0 Å². The van der Waals surface area contributed by atoms with Crippen LogP contribution in [-0.4, -0.2) is 4.98 Å². The zero-order chi connectivity index (χ0) is 13.1. The fourth-order valence-corrected chi connectivity index (χ4v) is 3.07. The molecule has 0 saturated carbocycles. The second-order valence-corrected chi connectivity index (χ2v) is 5.79. The van der Waals surface area contributed by atoms with Crippen molar-refractivity contribution < 1.29 is 0 Å². The highest BCUT2D eigenvalue weighted by Crippen LogP contribution is 2.25. The van der Waals surface area contributed by atoms with Crippen LogP contribution in [0.4, 0.5) is 0 Å². The van der Waals surface area contributed by atoms with Gasteiger partial charge in [-0.05, 0) is 38.5 Å². The molecule has 1 N–H and O–H groups in total. The zero-order valence-electron chi connectivity index (χ0n) is 10.8.